The fourth-order valence-electron chi connectivity index (χ4n) is 0.799. The predicted molar refractivity (Wildman–Crippen MR) is 48.4 cm³/mol. The lowest BCUT2D eigenvalue weighted by Gasteiger charge is -2.19. The van der Waals surface area contributed by atoms with Crippen molar-refractivity contribution in [3.63, 3.8) is 0 Å². The molecule has 0 saturated heterocycles. The van der Waals surface area contributed by atoms with Crippen molar-refractivity contribution in [3.8, 4) is 0 Å². The van der Waals surface area contributed by atoms with Crippen molar-refractivity contribution in [1.29, 1.82) is 0 Å². The highest BCUT2D eigenvalue weighted by Crippen LogP contribution is 2.18. The Bertz CT molecular complexity index is 263. The molecule has 0 bridgehead atoms. The van der Waals surface area contributed by atoms with E-state index in [-0.39, 0.29) is 11.7 Å². The molecule has 1 heterocycles. The van der Waals surface area contributed by atoms with Crippen LogP contribution in [0, 0.1) is 0 Å². The Hall–Kier alpha value is -1.32. The number of nitrogens with zero attached hydrogens (tertiary/aromatic N) is 1. The van der Waals surface area contributed by atoms with E-state index in [0.717, 1.165) is 0 Å². The first-order chi connectivity index (χ1) is 5.92. The molecule has 1 atom stereocenters. The van der Waals surface area contributed by atoms with Gasteiger partial charge >= 0.3 is 6.08 Å². The summed E-state index contributed by atoms with van der Waals surface area (Å²) in [7, 11) is 0. The first-order valence-corrected chi connectivity index (χ1v) is 4.01. The summed E-state index contributed by atoms with van der Waals surface area (Å²) in [5, 5.41) is 0. The third kappa shape index (κ3) is 2.57. The molecule has 0 saturated carbocycles. The highest BCUT2D eigenvalue weighted by Gasteiger charge is 2.27. The zero-order valence-corrected chi connectivity index (χ0v) is 8.03. The van der Waals surface area contributed by atoms with Gasteiger partial charge in [0.2, 0.25) is 0 Å². The fraction of sp³-hybridized carbons (Fsp3) is 0.556. The minimum absolute atomic E-state index is 0.120. The van der Waals surface area contributed by atoms with E-state index in [1.807, 2.05) is 20.8 Å². The number of rotatable bonds is 1. The van der Waals surface area contributed by atoms with E-state index in [9.17, 15) is 4.79 Å². The summed E-state index contributed by atoms with van der Waals surface area (Å²) in [6.07, 6.45) is 0.0807. The number of carbonyl (C=O) groups is 1. The van der Waals surface area contributed by atoms with Crippen molar-refractivity contribution in [1.82, 2.24) is 0 Å². The summed E-state index contributed by atoms with van der Waals surface area (Å²) in [5.41, 5.74) is 0.00548. The lowest BCUT2D eigenvalue weighted by atomic mass is 10.2. The third-order valence-electron chi connectivity index (χ3n) is 1.31. The molecule has 4 nitrogen and oxygen atoms in total. The second kappa shape index (κ2) is 3.20. The van der Waals surface area contributed by atoms with Gasteiger partial charge in [0.25, 0.3) is 0 Å². The molecule has 1 unspecified atom stereocenters. The van der Waals surface area contributed by atoms with Gasteiger partial charge in [-0.1, -0.05) is 6.58 Å². The molecule has 4 heteroatoms. The first kappa shape index (κ1) is 9.77. The highest BCUT2D eigenvalue weighted by molar-refractivity contribution is 5.78. The standard InChI is InChI=1S/C9H13NO3/c1-6-7(5-11)12-8(10-6)13-9(2,3)4/h5,7H,1H2,2-4H3. The van der Waals surface area contributed by atoms with Gasteiger partial charge in [-0.2, -0.15) is 4.99 Å². The second-order valence-electron chi connectivity index (χ2n) is 3.76. The Balaban J connectivity index is 2.61. The summed E-state index contributed by atoms with van der Waals surface area (Å²) in [5.74, 6) is 0. The van der Waals surface area contributed by atoms with Crippen LogP contribution in [-0.4, -0.2) is 24.1 Å². The number of aliphatic imine (C=N–C) groups is 1. The third-order valence-corrected chi connectivity index (χ3v) is 1.31. The summed E-state index contributed by atoms with van der Waals surface area (Å²) < 4.78 is 10.4. The van der Waals surface area contributed by atoms with Crippen LogP contribution >= 0.6 is 0 Å². The van der Waals surface area contributed by atoms with Crippen molar-refractivity contribution in [2.45, 2.75) is 32.5 Å². The Kier molecular flexibility index (Phi) is 2.40. The molecule has 1 aliphatic heterocycles. The van der Waals surface area contributed by atoms with Crippen LogP contribution in [-0.2, 0) is 14.3 Å². The second-order valence-corrected chi connectivity index (χ2v) is 3.76. The maximum absolute atomic E-state index is 10.4. The van der Waals surface area contributed by atoms with Crippen LogP contribution in [0.4, 0.5) is 0 Å². The van der Waals surface area contributed by atoms with E-state index in [1.165, 1.54) is 0 Å². The fourth-order valence-corrected chi connectivity index (χ4v) is 0.799. The van der Waals surface area contributed by atoms with Gasteiger partial charge < -0.3 is 9.47 Å². The summed E-state index contributed by atoms with van der Waals surface area (Å²) >= 11 is 0. The van der Waals surface area contributed by atoms with E-state index in [4.69, 9.17) is 9.47 Å². The number of hydrogen-bond acceptors (Lipinski definition) is 4. The van der Waals surface area contributed by atoms with Gasteiger partial charge in [-0.3, -0.25) is 4.79 Å². The van der Waals surface area contributed by atoms with E-state index in [0.29, 0.717) is 12.0 Å². The van der Waals surface area contributed by atoms with Crippen molar-refractivity contribution < 1.29 is 14.3 Å². The molecule has 0 aliphatic carbocycles. The monoisotopic (exact) mass is 183 g/mol. The SMILES string of the molecule is C=C1N=C(OC(C)(C)C)OC1C=O. The molecule has 0 radical (unpaired) electrons. The molecule has 0 aromatic carbocycles. The lowest BCUT2D eigenvalue weighted by Crippen LogP contribution is -2.25. The van der Waals surface area contributed by atoms with Gasteiger partial charge in [-0.15, -0.1) is 0 Å². The number of hydrogen-bond donors (Lipinski definition) is 0. The van der Waals surface area contributed by atoms with Crippen LogP contribution in [0.2, 0.25) is 0 Å². The Morgan fingerprint density at radius 1 is 1.62 bits per heavy atom. The van der Waals surface area contributed by atoms with Crippen LogP contribution in [0.5, 0.6) is 0 Å². The molecule has 0 amide bonds. The number of ether oxygens (including phenoxy) is 2. The summed E-state index contributed by atoms with van der Waals surface area (Å²) in [6, 6.07) is 0. The van der Waals surface area contributed by atoms with Crippen molar-refractivity contribution in [2.75, 3.05) is 0 Å². The molecular weight excluding hydrogens is 170 g/mol. The number of carbonyl (C=O) groups excluding carboxylic acids is 1. The normalized spacial score (nSPS) is 22.2. The molecule has 1 rings (SSSR count). The smallest absolute Gasteiger partial charge is 0.390 e. The Morgan fingerprint density at radius 3 is 2.62 bits per heavy atom. The molecule has 13 heavy (non-hydrogen) atoms. The van der Waals surface area contributed by atoms with Crippen LogP contribution < -0.4 is 0 Å². The molecule has 0 aromatic heterocycles. The average molecular weight is 183 g/mol. The van der Waals surface area contributed by atoms with Gasteiger partial charge in [0, 0.05) is 0 Å². The van der Waals surface area contributed by atoms with Crippen molar-refractivity contribution >= 4 is 12.4 Å². The van der Waals surface area contributed by atoms with Crippen molar-refractivity contribution in [3.05, 3.63) is 12.3 Å². The van der Waals surface area contributed by atoms with Gasteiger partial charge in [0.05, 0.1) is 5.70 Å². The average Bonchev–Trinajstić information content (AvgIpc) is 2.26. The molecule has 0 spiro atoms. The number of aldehydes is 1. The highest BCUT2D eigenvalue weighted by atomic mass is 16.7. The Labute approximate surface area is 77.2 Å². The molecule has 0 N–H and O–H groups in total. The topological polar surface area (TPSA) is 47.9 Å². The maximum Gasteiger partial charge on any atom is 0.390 e. The van der Waals surface area contributed by atoms with E-state index < -0.39 is 6.10 Å². The summed E-state index contributed by atoms with van der Waals surface area (Å²) in [4.78, 5) is 14.3. The quantitative estimate of drug-likeness (QED) is 0.575. The van der Waals surface area contributed by atoms with Crippen LogP contribution in [0.15, 0.2) is 17.3 Å². The first-order valence-electron chi connectivity index (χ1n) is 4.01. The van der Waals surface area contributed by atoms with Crippen LogP contribution in [0.1, 0.15) is 20.8 Å². The largest absolute Gasteiger partial charge is 0.445 e. The Morgan fingerprint density at radius 2 is 2.23 bits per heavy atom. The van der Waals surface area contributed by atoms with Crippen LogP contribution in [0.25, 0.3) is 0 Å². The van der Waals surface area contributed by atoms with E-state index in [1.54, 1.807) is 0 Å². The minimum Gasteiger partial charge on any atom is -0.445 e. The van der Waals surface area contributed by atoms with Crippen molar-refractivity contribution in [2.24, 2.45) is 4.99 Å². The minimum atomic E-state index is -0.683. The lowest BCUT2D eigenvalue weighted by molar-refractivity contribution is -0.113. The zero-order valence-electron chi connectivity index (χ0n) is 8.03. The molecule has 0 fully saturated rings. The van der Waals surface area contributed by atoms with Gasteiger partial charge in [-0.25, -0.2) is 0 Å². The molecular formula is C9H13NO3. The predicted octanol–water partition coefficient (Wildman–Crippen LogP) is 1.27. The van der Waals surface area contributed by atoms with Gasteiger partial charge in [-0.05, 0) is 20.8 Å². The van der Waals surface area contributed by atoms with Gasteiger partial charge in [0.15, 0.2) is 12.4 Å². The van der Waals surface area contributed by atoms with E-state index >= 15 is 0 Å². The van der Waals surface area contributed by atoms with E-state index in [2.05, 4.69) is 11.6 Å². The molecule has 72 valence electrons. The zero-order chi connectivity index (χ0) is 10.1. The summed E-state index contributed by atoms with van der Waals surface area (Å²) in [6.45, 7) is 9.18. The molecule has 1 aliphatic rings. The molecule has 0 aromatic rings. The van der Waals surface area contributed by atoms with Gasteiger partial charge in [0.1, 0.15) is 5.60 Å². The van der Waals surface area contributed by atoms with Crippen LogP contribution in [0.3, 0.4) is 0 Å². The maximum atomic E-state index is 10.4.